The van der Waals surface area contributed by atoms with E-state index >= 15 is 0 Å². The molecule has 35 heavy (non-hydrogen) atoms. The minimum atomic E-state index is -0.206. The summed E-state index contributed by atoms with van der Waals surface area (Å²) in [6.07, 6.45) is 2.48. The molecule has 3 heterocycles. The molecule has 5 rings (SSSR count). The van der Waals surface area contributed by atoms with Gasteiger partial charge >= 0.3 is 0 Å². The Labute approximate surface area is 210 Å². The van der Waals surface area contributed by atoms with E-state index in [9.17, 15) is 9.59 Å². The Morgan fingerprint density at radius 1 is 1.17 bits per heavy atom. The van der Waals surface area contributed by atoms with E-state index in [1.165, 1.54) is 0 Å². The molecule has 0 spiro atoms. The maximum absolute atomic E-state index is 13.6. The van der Waals surface area contributed by atoms with Crippen LogP contribution in [0.3, 0.4) is 0 Å². The summed E-state index contributed by atoms with van der Waals surface area (Å²) in [5, 5.41) is 8.38. The number of morpholine rings is 1. The number of amides is 2. The average Bonchev–Trinajstić information content (AvgIpc) is 3.41. The van der Waals surface area contributed by atoms with Gasteiger partial charge in [-0.05, 0) is 42.0 Å². The summed E-state index contributed by atoms with van der Waals surface area (Å²) in [4.78, 5) is 31.8. The second-order valence-corrected chi connectivity index (χ2v) is 10.2. The van der Waals surface area contributed by atoms with E-state index in [1.54, 1.807) is 28.4 Å². The quantitative estimate of drug-likeness (QED) is 0.534. The molecule has 2 aromatic rings. The van der Waals surface area contributed by atoms with Crippen molar-refractivity contribution in [2.24, 2.45) is 11.0 Å². The van der Waals surface area contributed by atoms with Crippen LogP contribution in [-0.4, -0.2) is 85.4 Å². The van der Waals surface area contributed by atoms with Crippen molar-refractivity contribution in [3.63, 3.8) is 0 Å². The summed E-state index contributed by atoms with van der Waals surface area (Å²) in [6, 6.07) is 11.6. The lowest BCUT2D eigenvalue weighted by Crippen LogP contribution is -2.47. The predicted octanol–water partition coefficient (Wildman–Crippen LogP) is 3.01. The third-order valence-electron chi connectivity index (χ3n) is 6.83. The van der Waals surface area contributed by atoms with E-state index in [4.69, 9.17) is 14.6 Å². The van der Waals surface area contributed by atoms with Crippen LogP contribution in [0.15, 0.2) is 46.9 Å². The number of nitrogens with zero attached hydrogens (tertiary/aromatic N) is 4. The van der Waals surface area contributed by atoms with Crippen molar-refractivity contribution in [3.05, 3.63) is 52.2 Å². The van der Waals surface area contributed by atoms with E-state index in [1.807, 2.05) is 41.8 Å². The Morgan fingerprint density at radius 3 is 2.60 bits per heavy atom. The molecular formula is C26H32N4O4S. The Hall–Kier alpha value is -2.75. The maximum Gasteiger partial charge on any atom is 0.262 e. The van der Waals surface area contributed by atoms with Gasteiger partial charge in [-0.15, -0.1) is 11.3 Å². The van der Waals surface area contributed by atoms with Gasteiger partial charge < -0.3 is 14.4 Å². The first-order chi connectivity index (χ1) is 17.1. The number of benzene rings is 1. The van der Waals surface area contributed by atoms with Gasteiger partial charge in [0.25, 0.3) is 5.91 Å². The lowest BCUT2D eigenvalue weighted by atomic mass is 10.0. The van der Waals surface area contributed by atoms with Crippen LogP contribution < -0.4 is 4.74 Å². The van der Waals surface area contributed by atoms with Crippen LogP contribution in [0.1, 0.15) is 35.7 Å². The van der Waals surface area contributed by atoms with Crippen molar-refractivity contribution in [3.8, 4) is 5.75 Å². The van der Waals surface area contributed by atoms with Crippen LogP contribution in [0.2, 0.25) is 0 Å². The normalized spacial score (nSPS) is 20.5. The topological polar surface area (TPSA) is 74.7 Å². The molecular weight excluding hydrogens is 464 g/mol. The monoisotopic (exact) mass is 496 g/mol. The summed E-state index contributed by atoms with van der Waals surface area (Å²) in [5.41, 5.74) is 1.91. The molecule has 1 atom stereocenters. The van der Waals surface area contributed by atoms with Crippen LogP contribution in [-0.2, 0) is 14.3 Å². The lowest BCUT2D eigenvalue weighted by molar-refractivity contribution is -0.142. The first-order valence-electron chi connectivity index (χ1n) is 12.3. The van der Waals surface area contributed by atoms with E-state index in [0.717, 1.165) is 54.4 Å². The fourth-order valence-corrected chi connectivity index (χ4v) is 5.32. The van der Waals surface area contributed by atoms with Crippen LogP contribution in [0.5, 0.6) is 5.75 Å². The molecule has 1 aromatic heterocycles. The highest BCUT2D eigenvalue weighted by Crippen LogP contribution is 2.35. The van der Waals surface area contributed by atoms with Gasteiger partial charge in [0, 0.05) is 38.5 Å². The average molecular weight is 497 g/mol. The number of hydrogen-bond donors (Lipinski definition) is 0. The minimum absolute atomic E-state index is 0.0492. The van der Waals surface area contributed by atoms with Crippen LogP contribution >= 0.6 is 11.3 Å². The van der Waals surface area contributed by atoms with Gasteiger partial charge in [0.05, 0.1) is 37.0 Å². The van der Waals surface area contributed by atoms with Crippen molar-refractivity contribution in [2.45, 2.75) is 25.3 Å². The Balaban J connectivity index is 1.33. The molecule has 186 valence electrons. The molecule has 0 radical (unpaired) electrons. The standard InChI is InChI=1S/C26H32N4O4S/c1-33-21-8-6-19(7-9-21)23-17-22(24-3-2-16-35-24)27-30(23)25(31)18-29(26(32)20-4-5-20)11-10-28-12-14-34-15-13-28/h2-3,6-9,16,20,23H,4-5,10-15,17-18H2,1H3/t23-/m1/s1. The van der Waals surface area contributed by atoms with Crippen molar-refractivity contribution in [1.29, 1.82) is 0 Å². The molecule has 3 aliphatic rings. The number of carbonyl (C=O) groups excluding carboxylic acids is 2. The second-order valence-electron chi connectivity index (χ2n) is 9.24. The van der Waals surface area contributed by atoms with E-state index < -0.39 is 0 Å². The van der Waals surface area contributed by atoms with Gasteiger partial charge in [0.2, 0.25) is 5.91 Å². The molecule has 2 aliphatic heterocycles. The van der Waals surface area contributed by atoms with Gasteiger partial charge in [0.1, 0.15) is 12.3 Å². The Kier molecular flexibility index (Phi) is 7.46. The summed E-state index contributed by atoms with van der Waals surface area (Å²) < 4.78 is 10.7. The van der Waals surface area contributed by atoms with Gasteiger partial charge in [-0.2, -0.15) is 5.10 Å². The van der Waals surface area contributed by atoms with Crippen molar-refractivity contribution in [1.82, 2.24) is 14.8 Å². The zero-order valence-corrected chi connectivity index (χ0v) is 20.9. The first kappa shape index (κ1) is 24.0. The van der Waals surface area contributed by atoms with Crippen LogP contribution in [0, 0.1) is 5.92 Å². The molecule has 2 fully saturated rings. The SMILES string of the molecule is COc1ccc([C@H]2CC(c3cccs3)=NN2C(=O)CN(CCN2CCOCC2)C(=O)C2CC2)cc1. The van der Waals surface area contributed by atoms with Crippen LogP contribution in [0.4, 0.5) is 0 Å². The number of hydrogen-bond acceptors (Lipinski definition) is 7. The molecule has 2 amide bonds. The fraction of sp³-hybridized carbons (Fsp3) is 0.500. The summed E-state index contributed by atoms with van der Waals surface area (Å²) >= 11 is 1.62. The molecule has 0 unspecified atom stereocenters. The fourth-order valence-electron chi connectivity index (χ4n) is 4.60. The minimum Gasteiger partial charge on any atom is -0.497 e. The summed E-state index contributed by atoms with van der Waals surface area (Å²) in [6.45, 7) is 4.50. The highest BCUT2D eigenvalue weighted by molar-refractivity contribution is 7.12. The highest BCUT2D eigenvalue weighted by Gasteiger charge is 2.38. The van der Waals surface area contributed by atoms with Gasteiger partial charge in [-0.1, -0.05) is 18.2 Å². The molecule has 1 aromatic carbocycles. The third-order valence-corrected chi connectivity index (χ3v) is 7.75. The summed E-state index contributed by atoms with van der Waals surface area (Å²) in [7, 11) is 1.64. The Morgan fingerprint density at radius 2 is 1.94 bits per heavy atom. The number of carbonyl (C=O) groups is 2. The van der Waals surface area contributed by atoms with Crippen molar-refractivity contribution >= 4 is 28.9 Å². The zero-order chi connectivity index (χ0) is 24.2. The lowest BCUT2D eigenvalue weighted by Gasteiger charge is -2.31. The molecule has 1 saturated carbocycles. The molecule has 1 aliphatic carbocycles. The van der Waals surface area contributed by atoms with Gasteiger partial charge in [0.15, 0.2) is 0 Å². The van der Waals surface area contributed by atoms with E-state index in [0.29, 0.717) is 26.2 Å². The molecule has 0 bridgehead atoms. The van der Waals surface area contributed by atoms with E-state index in [2.05, 4.69) is 4.90 Å². The summed E-state index contributed by atoms with van der Waals surface area (Å²) in [5.74, 6) is 0.782. The third kappa shape index (κ3) is 5.74. The molecule has 0 N–H and O–H groups in total. The van der Waals surface area contributed by atoms with Gasteiger partial charge in [-0.3, -0.25) is 14.5 Å². The highest BCUT2D eigenvalue weighted by atomic mass is 32.1. The van der Waals surface area contributed by atoms with Crippen molar-refractivity contribution < 1.29 is 19.1 Å². The van der Waals surface area contributed by atoms with Crippen molar-refractivity contribution in [2.75, 3.05) is 53.0 Å². The van der Waals surface area contributed by atoms with E-state index in [-0.39, 0.29) is 30.3 Å². The smallest absolute Gasteiger partial charge is 0.262 e. The molecule has 8 nitrogen and oxygen atoms in total. The second kappa shape index (κ2) is 10.9. The maximum atomic E-state index is 13.6. The first-order valence-corrected chi connectivity index (χ1v) is 13.2. The predicted molar refractivity (Wildman–Crippen MR) is 135 cm³/mol. The number of methoxy groups -OCH3 is 1. The van der Waals surface area contributed by atoms with Gasteiger partial charge in [-0.25, -0.2) is 5.01 Å². The number of ether oxygens (including phenoxy) is 2. The Bertz CT molecular complexity index is 1050. The molecule has 9 heteroatoms. The number of hydrazone groups is 1. The molecule has 1 saturated heterocycles. The zero-order valence-electron chi connectivity index (χ0n) is 20.1. The largest absolute Gasteiger partial charge is 0.497 e. The van der Waals surface area contributed by atoms with Crippen LogP contribution in [0.25, 0.3) is 0 Å². The number of thiophene rings is 1. The number of rotatable bonds is 9.